The van der Waals surface area contributed by atoms with Gasteiger partial charge in [-0.1, -0.05) is 13.8 Å². The molecule has 104 valence electrons. The van der Waals surface area contributed by atoms with Gasteiger partial charge < -0.3 is 4.40 Å². The molecule has 0 unspecified atom stereocenters. The fraction of sp³-hybridized carbons (Fsp3) is 0.462. The van der Waals surface area contributed by atoms with Crippen LogP contribution in [0.15, 0.2) is 23.4 Å². The first-order valence-electron chi connectivity index (χ1n) is 6.46. The lowest BCUT2D eigenvalue weighted by atomic mass is 10.3. The highest BCUT2D eigenvalue weighted by molar-refractivity contribution is 7.89. The lowest BCUT2D eigenvalue weighted by Crippen LogP contribution is -2.23. The van der Waals surface area contributed by atoms with E-state index in [0.717, 1.165) is 24.2 Å². The van der Waals surface area contributed by atoms with Gasteiger partial charge in [0.25, 0.3) is 10.0 Å². The molecule has 1 N–H and O–H groups in total. The van der Waals surface area contributed by atoms with E-state index in [2.05, 4.69) is 9.71 Å². The number of imidazole rings is 1. The minimum absolute atomic E-state index is 0.126. The highest BCUT2D eigenvalue weighted by Gasteiger charge is 2.22. The van der Waals surface area contributed by atoms with Crippen molar-refractivity contribution in [2.45, 2.75) is 38.6 Å². The molecule has 2 aromatic heterocycles. The number of pyridine rings is 1. The highest BCUT2D eigenvalue weighted by atomic mass is 32.2. The van der Waals surface area contributed by atoms with Crippen LogP contribution in [-0.4, -0.2) is 24.3 Å². The van der Waals surface area contributed by atoms with E-state index in [1.165, 1.54) is 0 Å². The van der Waals surface area contributed by atoms with Gasteiger partial charge >= 0.3 is 0 Å². The maximum Gasteiger partial charge on any atom is 0.260 e. The van der Waals surface area contributed by atoms with Gasteiger partial charge in [-0.3, -0.25) is 0 Å². The Morgan fingerprint density at radius 3 is 2.74 bits per heavy atom. The van der Waals surface area contributed by atoms with Gasteiger partial charge in [-0.05, 0) is 31.0 Å². The van der Waals surface area contributed by atoms with E-state index in [-0.39, 0.29) is 5.03 Å². The molecule has 0 saturated carbocycles. The zero-order chi connectivity index (χ0) is 14.0. The van der Waals surface area contributed by atoms with E-state index in [0.29, 0.717) is 12.1 Å². The van der Waals surface area contributed by atoms with Crippen LogP contribution in [0.4, 0.5) is 0 Å². The molecule has 0 aliphatic heterocycles. The highest BCUT2D eigenvalue weighted by Crippen LogP contribution is 2.20. The third-order valence-electron chi connectivity index (χ3n) is 2.90. The zero-order valence-corrected chi connectivity index (χ0v) is 12.3. The first-order valence-corrected chi connectivity index (χ1v) is 7.95. The van der Waals surface area contributed by atoms with Gasteiger partial charge in [0, 0.05) is 19.2 Å². The molecule has 0 saturated heterocycles. The lowest BCUT2D eigenvalue weighted by molar-refractivity contribution is 0.581. The van der Waals surface area contributed by atoms with Crippen molar-refractivity contribution in [2.75, 3.05) is 6.54 Å². The Morgan fingerprint density at radius 1 is 1.37 bits per heavy atom. The van der Waals surface area contributed by atoms with E-state index < -0.39 is 10.0 Å². The molecular formula is C13H19N3O2S. The molecule has 0 atom stereocenters. The third kappa shape index (κ3) is 2.64. The van der Waals surface area contributed by atoms with Crippen molar-refractivity contribution in [3.63, 3.8) is 0 Å². The molecule has 0 amide bonds. The van der Waals surface area contributed by atoms with Gasteiger partial charge in [0.05, 0.1) is 5.52 Å². The van der Waals surface area contributed by atoms with E-state index in [4.69, 9.17) is 0 Å². The molecule has 0 aromatic carbocycles. The summed E-state index contributed by atoms with van der Waals surface area (Å²) in [5, 5.41) is 0.126. The van der Waals surface area contributed by atoms with Gasteiger partial charge in [0.1, 0.15) is 5.82 Å². The number of nitrogens with zero attached hydrogens (tertiary/aromatic N) is 2. The Morgan fingerprint density at radius 2 is 2.11 bits per heavy atom. The summed E-state index contributed by atoms with van der Waals surface area (Å²) in [7, 11) is -3.53. The maximum atomic E-state index is 12.2. The normalized spacial score (nSPS) is 12.2. The van der Waals surface area contributed by atoms with Crippen LogP contribution in [0.2, 0.25) is 0 Å². The van der Waals surface area contributed by atoms with Crippen molar-refractivity contribution in [1.82, 2.24) is 14.1 Å². The summed E-state index contributed by atoms with van der Waals surface area (Å²) in [6.45, 7) is 6.11. The molecule has 0 bridgehead atoms. The molecule has 2 aromatic rings. The van der Waals surface area contributed by atoms with Crippen LogP contribution < -0.4 is 4.72 Å². The Hall–Kier alpha value is -1.40. The Kier molecular flexibility index (Phi) is 3.91. The summed E-state index contributed by atoms with van der Waals surface area (Å²) in [6, 6.07) is 3.81. The maximum absolute atomic E-state index is 12.2. The van der Waals surface area contributed by atoms with Gasteiger partial charge in [0.15, 0.2) is 5.03 Å². The number of rotatable bonds is 5. The second-order valence-corrected chi connectivity index (χ2v) is 6.23. The first kappa shape index (κ1) is 14.0. The Balaban J connectivity index is 2.70. The van der Waals surface area contributed by atoms with Crippen LogP contribution in [0.5, 0.6) is 0 Å². The molecule has 2 rings (SSSR count). The summed E-state index contributed by atoms with van der Waals surface area (Å²) < 4.78 is 28.7. The van der Waals surface area contributed by atoms with Crippen molar-refractivity contribution >= 4 is 15.5 Å². The second kappa shape index (κ2) is 5.30. The smallest absolute Gasteiger partial charge is 0.260 e. The predicted molar refractivity (Wildman–Crippen MR) is 74.8 cm³/mol. The summed E-state index contributed by atoms with van der Waals surface area (Å²) in [5.74, 6) is 0.786. The van der Waals surface area contributed by atoms with E-state index in [1.54, 1.807) is 6.92 Å². The first-order chi connectivity index (χ1) is 8.99. The molecular weight excluding hydrogens is 262 g/mol. The lowest BCUT2D eigenvalue weighted by Gasteiger charge is -2.02. The largest absolute Gasteiger partial charge is 0.302 e. The van der Waals surface area contributed by atoms with Crippen molar-refractivity contribution in [3.05, 3.63) is 29.7 Å². The number of aryl methyl sites for hydroxylation is 2. The van der Waals surface area contributed by atoms with Crippen LogP contribution >= 0.6 is 0 Å². The molecule has 0 spiro atoms. The van der Waals surface area contributed by atoms with E-state index in [9.17, 15) is 8.42 Å². The molecule has 0 radical (unpaired) electrons. The van der Waals surface area contributed by atoms with Crippen molar-refractivity contribution in [1.29, 1.82) is 0 Å². The van der Waals surface area contributed by atoms with Gasteiger partial charge in [-0.15, -0.1) is 0 Å². The zero-order valence-electron chi connectivity index (χ0n) is 11.5. The van der Waals surface area contributed by atoms with Crippen LogP contribution in [0.3, 0.4) is 0 Å². The molecule has 6 heteroatoms. The molecule has 0 fully saturated rings. The number of sulfonamides is 1. The molecule has 2 heterocycles. The topological polar surface area (TPSA) is 63.5 Å². The number of nitrogens with one attached hydrogen (secondary N) is 1. The summed E-state index contributed by atoms with van der Waals surface area (Å²) in [5.41, 5.74) is 1.66. The summed E-state index contributed by atoms with van der Waals surface area (Å²) >= 11 is 0. The average Bonchev–Trinajstić information content (AvgIpc) is 2.68. The minimum Gasteiger partial charge on any atom is -0.302 e. The standard InChI is InChI=1S/C13H19N3O2S/c1-4-6-12-15-13(19(17,18)14-5-2)11-9-10(3)7-8-16(11)12/h7-9,14H,4-6H2,1-3H3. The molecule has 19 heavy (non-hydrogen) atoms. The third-order valence-corrected chi connectivity index (χ3v) is 4.38. The van der Waals surface area contributed by atoms with Crippen molar-refractivity contribution < 1.29 is 8.42 Å². The minimum atomic E-state index is -3.53. The number of fused-ring (bicyclic) bond motifs is 1. The van der Waals surface area contributed by atoms with Gasteiger partial charge in [0.2, 0.25) is 0 Å². The molecule has 5 nitrogen and oxygen atoms in total. The van der Waals surface area contributed by atoms with Crippen molar-refractivity contribution in [2.24, 2.45) is 0 Å². The predicted octanol–water partition coefficient (Wildman–Crippen LogP) is 1.89. The van der Waals surface area contributed by atoms with Crippen LogP contribution in [0, 0.1) is 6.92 Å². The van der Waals surface area contributed by atoms with Crippen LogP contribution in [0.1, 0.15) is 31.7 Å². The van der Waals surface area contributed by atoms with Crippen LogP contribution in [-0.2, 0) is 16.4 Å². The number of hydrogen-bond donors (Lipinski definition) is 1. The number of hydrogen-bond acceptors (Lipinski definition) is 3. The van der Waals surface area contributed by atoms with E-state index >= 15 is 0 Å². The van der Waals surface area contributed by atoms with Gasteiger partial charge in [-0.2, -0.15) is 0 Å². The summed E-state index contributed by atoms with van der Waals surface area (Å²) in [6.07, 6.45) is 3.56. The fourth-order valence-electron chi connectivity index (χ4n) is 2.08. The van der Waals surface area contributed by atoms with Crippen LogP contribution in [0.25, 0.3) is 5.52 Å². The molecule has 0 aliphatic rings. The van der Waals surface area contributed by atoms with E-state index in [1.807, 2.05) is 36.6 Å². The van der Waals surface area contributed by atoms with Crippen molar-refractivity contribution in [3.8, 4) is 0 Å². The average molecular weight is 281 g/mol. The Labute approximate surface area is 113 Å². The Bertz CT molecular complexity index is 689. The fourth-order valence-corrected chi connectivity index (χ4v) is 3.25. The summed E-state index contributed by atoms with van der Waals surface area (Å²) in [4.78, 5) is 4.32. The monoisotopic (exact) mass is 281 g/mol. The number of aromatic nitrogens is 2. The quantitative estimate of drug-likeness (QED) is 0.910. The SMILES string of the molecule is CCCc1nc(S(=O)(=O)NCC)c2cc(C)ccn12. The van der Waals surface area contributed by atoms with Gasteiger partial charge in [-0.25, -0.2) is 18.1 Å². The second-order valence-electron chi connectivity index (χ2n) is 4.54. The molecule has 0 aliphatic carbocycles.